The van der Waals surface area contributed by atoms with Crippen LogP contribution in [-0.2, 0) is 22.4 Å². The van der Waals surface area contributed by atoms with Crippen LogP contribution in [0.5, 0.6) is 5.75 Å². The molecule has 0 aromatic heterocycles. The number of fused-ring (bicyclic) bond motifs is 1. The molecule has 0 aliphatic heterocycles. The molecule has 0 fully saturated rings. The minimum absolute atomic E-state index is 0.0557. The Labute approximate surface area is 193 Å². The van der Waals surface area contributed by atoms with Crippen LogP contribution in [0.2, 0.25) is 0 Å². The predicted octanol–water partition coefficient (Wildman–Crippen LogP) is 0.542. The van der Waals surface area contributed by atoms with Gasteiger partial charge in [-0.1, -0.05) is 25.8 Å². The zero-order chi connectivity index (χ0) is 24.8. The Kier molecular flexibility index (Phi) is 9.13. The van der Waals surface area contributed by atoms with Gasteiger partial charge in [-0.15, -0.1) is 0 Å². The predicted molar refractivity (Wildman–Crippen MR) is 120 cm³/mol. The van der Waals surface area contributed by atoms with E-state index < -0.39 is 67.1 Å². The standard InChI is InChI=1S/C24H35NO8/c1-2-3-4-5-15-6-7-18(28)22-16(15)11-23(32,12-20(22)30)14-24(33,8-9-26)17(13-27)19(29)10-21(25)31/h6-7,17,26-28,32-33H,2-5,8-14H2,1H3,(H2,25,31). The Bertz CT molecular complexity index is 885. The molecule has 3 atom stereocenters. The Hall–Kier alpha value is -2.33. The number of aryl methyl sites for hydroxylation is 1. The van der Waals surface area contributed by atoms with Gasteiger partial charge in [-0.3, -0.25) is 14.4 Å². The fourth-order valence-corrected chi connectivity index (χ4v) is 4.91. The largest absolute Gasteiger partial charge is 0.507 e. The first-order chi connectivity index (χ1) is 15.5. The number of carbonyl (C=O) groups is 3. The second-order valence-electron chi connectivity index (χ2n) is 9.15. The van der Waals surface area contributed by atoms with Crippen molar-refractivity contribution in [3.05, 3.63) is 28.8 Å². The third kappa shape index (κ3) is 6.38. The number of phenols is 1. The summed E-state index contributed by atoms with van der Waals surface area (Å²) in [5.41, 5.74) is 2.68. The van der Waals surface area contributed by atoms with E-state index in [2.05, 4.69) is 6.92 Å². The van der Waals surface area contributed by atoms with Crippen LogP contribution in [0.25, 0.3) is 0 Å². The van der Waals surface area contributed by atoms with Crippen molar-refractivity contribution < 1.29 is 39.9 Å². The third-order valence-corrected chi connectivity index (χ3v) is 6.46. The Balaban J connectivity index is 2.42. The zero-order valence-electron chi connectivity index (χ0n) is 19.0. The van der Waals surface area contributed by atoms with Crippen LogP contribution in [0.3, 0.4) is 0 Å². The van der Waals surface area contributed by atoms with Crippen molar-refractivity contribution in [2.24, 2.45) is 11.7 Å². The van der Waals surface area contributed by atoms with E-state index >= 15 is 0 Å². The highest BCUT2D eigenvalue weighted by Crippen LogP contribution is 2.42. The minimum atomic E-state index is -2.08. The van der Waals surface area contributed by atoms with Crippen LogP contribution in [0, 0.1) is 5.92 Å². The number of aliphatic hydroxyl groups is 4. The number of Topliss-reactive ketones (excluding diaryl/α,β-unsaturated/α-hetero) is 2. The highest BCUT2D eigenvalue weighted by Gasteiger charge is 2.49. The van der Waals surface area contributed by atoms with Gasteiger partial charge in [0, 0.05) is 32.3 Å². The molecule has 1 aromatic carbocycles. The van der Waals surface area contributed by atoms with E-state index in [4.69, 9.17) is 5.73 Å². The van der Waals surface area contributed by atoms with Crippen LogP contribution < -0.4 is 5.73 Å². The maximum atomic E-state index is 12.9. The first-order valence-electron chi connectivity index (χ1n) is 11.3. The van der Waals surface area contributed by atoms with Crippen LogP contribution in [0.1, 0.15) is 73.4 Å². The highest BCUT2D eigenvalue weighted by atomic mass is 16.3. The number of rotatable bonds is 13. The van der Waals surface area contributed by atoms with Crippen molar-refractivity contribution in [3.63, 3.8) is 0 Å². The van der Waals surface area contributed by atoms with E-state index in [9.17, 15) is 39.9 Å². The van der Waals surface area contributed by atoms with Gasteiger partial charge in [0.15, 0.2) is 5.78 Å². The molecule has 33 heavy (non-hydrogen) atoms. The Morgan fingerprint density at radius 3 is 2.48 bits per heavy atom. The molecule has 9 nitrogen and oxygen atoms in total. The molecule has 1 aliphatic carbocycles. The number of benzene rings is 1. The number of primary amides is 1. The smallest absolute Gasteiger partial charge is 0.224 e. The van der Waals surface area contributed by atoms with Gasteiger partial charge < -0.3 is 31.3 Å². The normalized spacial score (nSPS) is 20.7. The molecule has 7 N–H and O–H groups in total. The number of unbranched alkanes of at least 4 members (excludes halogenated alkanes) is 2. The molecule has 3 unspecified atom stereocenters. The molecule has 1 amide bonds. The summed E-state index contributed by atoms with van der Waals surface area (Å²) in [5.74, 6) is -3.90. The molecule has 0 bridgehead atoms. The number of amides is 1. The molecule has 184 valence electrons. The molecule has 0 saturated carbocycles. The quantitative estimate of drug-likeness (QED) is 0.180. The summed E-state index contributed by atoms with van der Waals surface area (Å²) in [6.45, 7) is 0.681. The van der Waals surface area contributed by atoms with Crippen molar-refractivity contribution in [1.29, 1.82) is 0 Å². The van der Waals surface area contributed by atoms with E-state index in [1.54, 1.807) is 6.07 Å². The summed E-state index contributed by atoms with van der Waals surface area (Å²) in [4.78, 5) is 36.6. The molecule has 0 heterocycles. The third-order valence-electron chi connectivity index (χ3n) is 6.46. The lowest BCUT2D eigenvalue weighted by Crippen LogP contribution is -2.53. The van der Waals surface area contributed by atoms with Gasteiger partial charge in [0.25, 0.3) is 0 Å². The van der Waals surface area contributed by atoms with Gasteiger partial charge in [0.05, 0.1) is 35.7 Å². The van der Waals surface area contributed by atoms with Crippen LogP contribution in [0.15, 0.2) is 12.1 Å². The number of hydrogen-bond donors (Lipinski definition) is 6. The molecule has 0 saturated heterocycles. The molecule has 0 radical (unpaired) electrons. The van der Waals surface area contributed by atoms with Crippen molar-refractivity contribution in [2.75, 3.05) is 13.2 Å². The molecular formula is C24H35NO8. The maximum Gasteiger partial charge on any atom is 0.224 e. The lowest BCUT2D eigenvalue weighted by Gasteiger charge is -2.42. The highest BCUT2D eigenvalue weighted by molar-refractivity contribution is 6.02. The van der Waals surface area contributed by atoms with Gasteiger partial charge in [-0.05, 0) is 30.0 Å². The number of aliphatic hydroxyl groups excluding tert-OH is 2. The van der Waals surface area contributed by atoms with Gasteiger partial charge in [0.1, 0.15) is 11.5 Å². The van der Waals surface area contributed by atoms with Crippen molar-refractivity contribution in [3.8, 4) is 5.75 Å². The van der Waals surface area contributed by atoms with E-state index in [-0.39, 0.29) is 24.2 Å². The molecule has 0 spiro atoms. The number of ketones is 2. The summed E-state index contributed by atoms with van der Waals surface area (Å²) >= 11 is 0. The fourth-order valence-electron chi connectivity index (χ4n) is 4.91. The molecule has 9 heteroatoms. The van der Waals surface area contributed by atoms with Crippen molar-refractivity contribution in [2.45, 2.75) is 75.9 Å². The summed E-state index contributed by atoms with van der Waals surface area (Å²) in [5, 5.41) is 52.3. The number of hydrogen-bond acceptors (Lipinski definition) is 8. The first kappa shape index (κ1) is 26.9. The van der Waals surface area contributed by atoms with Crippen molar-refractivity contribution in [1.82, 2.24) is 0 Å². The van der Waals surface area contributed by atoms with Crippen LogP contribution in [-0.4, -0.2) is 67.4 Å². The van der Waals surface area contributed by atoms with E-state index in [1.165, 1.54) is 6.07 Å². The minimum Gasteiger partial charge on any atom is -0.507 e. The van der Waals surface area contributed by atoms with Gasteiger partial charge in [-0.25, -0.2) is 0 Å². The summed E-state index contributed by atoms with van der Waals surface area (Å²) in [7, 11) is 0. The lowest BCUT2D eigenvalue weighted by molar-refractivity contribution is -0.148. The SMILES string of the molecule is CCCCCc1ccc(O)c2c1CC(O)(CC(O)(CCO)C(CO)C(=O)CC(N)=O)CC2=O. The average molecular weight is 466 g/mol. The number of phenolic OH excluding ortho intramolecular Hbond substituents is 1. The van der Waals surface area contributed by atoms with Gasteiger partial charge in [-0.2, -0.15) is 0 Å². The Morgan fingerprint density at radius 2 is 1.91 bits per heavy atom. The molecule has 1 aromatic rings. The van der Waals surface area contributed by atoms with Crippen LogP contribution >= 0.6 is 0 Å². The zero-order valence-corrected chi connectivity index (χ0v) is 19.0. The number of carbonyl (C=O) groups excluding carboxylic acids is 3. The molecule has 2 rings (SSSR count). The number of aromatic hydroxyl groups is 1. The fraction of sp³-hybridized carbons (Fsp3) is 0.625. The number of nitrogens with two attached hydrogens (primary N) is 1. The van der Waals surface area contributed by atoms with E-state index in [0.717, 1.165) is 24.8 Å². The summed E-state index contributed by atoms with van der Waals surface area (Å²) < 4.78 is 0. The second-order valence-corrected chi connectivity index (χ2v) is 9.15. The van der Waals surface area contributed by atoms with E-state index in [1.807, 2.05) is 0 Å². The van der Waals surface area contributed by atoms with Crippen LogP contribution in [0.4, 0.5) is 0 Å². The van der Waals surface area contributed by atoms with Crippen molar-refractivity contribution >= 4 is 17.5 Å². The van der Waals surface area contributed by atoms with Gasteiger partial charge >= 0.3 is 0 Å². The maximum absolute atomic E-state index is 12.9. The summed E-state index contributed by atoms with van der Waals surface area (Å²) in [6, 6.07) is 3.18. The molecular weight excluding hydrogens is 430 g/mol. The van der Waals surface area contributed by atoms with Gasteiger partial charge in [0.2, 0.25) is 5.91 Å². The lowest BCUT2D eigenvalue weighted by atomic mass is 9.68. The second kappa shape index (κ2) is 11.2. The monoisotopic (exact) mass is 465 g/mol. The average Bonchev–Trinajstić information content (AvgIpc) is 2.68. The topological polar surface area (TPSA) is 178 Å². The van der Waals surface area contributed by atoms with E-state index in [0.29, 0.717) is 12.0 Å². The first-order valence-corrected chi connectivity index (χ1v) is 11.3. The molecule has 1 aliphatic rings. The Morgan fingerprint density at radius 1 is 1.21 bits per heavy atom. The summed E-state index contributed by atoms with van der Waals surface area (Å²) in [6.07, 6.45) is 1.45.